The summed E-state index contributed by atoms with van der Waals surface area (Å²) in [5.41, 5.74) is 0.569. The van der Waals surface area contributed by atoms with Crippen molar-refractivity contribution in [1.82, 2.24) is 10.6 Å². The summed E-state index contributed by atoms with van der Waals surface area (Å²) in [5.74, 6) is -1.30. The molecule has 0 spiro atoms. The molecule has 1 heterocycles. The zero-order chi connectivity index (χ0) is 20.0. The number of benzene rings is 1. The molecule has 2 amide bonds. The first-order chi connectivity index (χ1) is 12.8. The minimum atomic E-state index is -0.933. The number of hydrogen-bond donors (Lipinski definition) is 2. The maximum absolute atomic E-state index is 12.2. The summed E-state index contributed by atoms with van der Waals surface area (Å²) in [7, 11) is 0. The van der Waals surface area contributed by atoms with Crippen molar-refractivity contribution in [3.05, 3.63) is 46.5 Å². The van der Waals surface area contributed by atoms with Gasteiger partial charge in [0.15, 0.2) is 0 Å². The molecule has 0 fully saturated rings. The van der Waals surface area contributed by atoms with E-state index in [1.807, 2.05) is 43.3 Å². The highest BCUT2D eigenvalue weighted by Crippen LogP contribution is 2.41. The Hall–Kier alpha value is -2.77. The topological polar surface area (TPSA) is 106 Å². The van der Waals surface area contributed by atoms with E-state index in [1.54, 1.807) is 13.8 Å². The predicted molar refractivity (Wildman–Crippen MR) is 104 cm³/mol. The summed E-state index contributed by atoms with van der Waals surface area (Å²) in [6, 6.07) is 13.9. The van der Waals surface area contributed by atoms with Crippen molar-refractivity contribution in [1.29, 1.82) is 10.5 Å². The van der Waals surface area contributed by atoms with Gasteiger partial charge < -0.3 is 10.6 Å². The van der Waals surface area contributed by atoms with Gasteiger partial charge in [0.2, 0.25) is 11.8 Å². The molecule has 0 aliphatic carbocycles. The van der Waals surface area contributed by atoms with Crippen LogP contribution in [0.15, 0.2) is 40.9 Å². The molecule has 1 aromatic rings. The van der Waals surface area contributed by atoms with E-state index in [9.17, 15) is 20.1 Å². The Morgan fingerprint density at radius 1 is 1.33 bits per heavy atom. The molecule has 6 nitrogen and oxygen atoms in total. The van der Waals surface area contributed by atoms with E-state index in [0.717, 1.165) is 17.3 Å². The Morgan fingerprint density at radius 2 is 2.00 bits per heavy atom. The Labute approximate surface area is 163 Å². The van der Waals surface area contributed by atoms with Crippen LogP contribution in [-0.2, 0) is 9.59 Å². The second kappa shape index (κ2) is 8.75. The van der Waals surface area contributed by atoms with Gasteiger partial charge in [-0.3, -0.25) is 9.59 Å². The fraction of sp³-hybridized carbons (Fsp3) is 0.400. The molecule has 0 radical (unpaired) electrons. The van der Waals surface area contributed by atoms with Crippen LogP contribution in [0.4, 0.5) is 0 Å². The Morgan fingerprint density at radius 3 is 2.59 bits per heavy atom. The van der Waals surface area contributed by atoms with Gasteiger partial charge in [0.05, 0.1) is 28.5 Å². The van der Waals surface area contributed by atoms with Crippen molar-refractivity contribution >= 4 is 23.6 Å². The van der Waals surface area contributed by atoms with E-state index in [0.29, 0.717) is 17.1 Å². The highest BCUT2D eigenvalue weighted by molar-refractivity contribution is 8.03. The molecule has 2 N–H and O–H groups in total. The van der Waals surface area contributed by atoms with Crippen molar-refractivity contribution in [3.63, 3.8) is 0 Å². The van der Waals surface area contributed by atoms with Crippen LogP contribution in [0.3, 0.4) is 0 Å². The van der Waals surface area contributed by atoms with E-state index >= 15 is 0 Å². The summed E-state index contributed by atoms with van der Waals surface area (Å²) in [6.45, 7) is 5.92. The van der Waals surface area contributed by atoms with Crippen LogP contribution >= 0.6 is 11.8 Å². The largest absolute Gasteiger partial charge is 0.355 e. The Balaban J connectivity index is 1.98. The summed E-state index contributed by atoms with van der Waals surface area (Å²) in [5, 5.41) is 24.5. The minimum Gasteiger partial charge on any atom is -0.355 e. The molecule has 1 aliphatic rings. The van der Waals surface area contributed by atoms with Crippen LogP contribution in [-0.4, -0.2) is 24.1 Å². The van der Waals surface area contributed by atoms with Crippen molar-refractivity contribution in [2.75, 3.05) is 12.3 Å². The fourth-order valence-electron chi connectivity index (χ4n) is 2.89. The normalized spacial score (nSPS) is 19.4. The van der Waals surface area contributed by atoms with Crippen LogP contribution in [0, 0.1) is 34.0 Å². The zero-order valence-electron chi connectivity index (χ0n) is 15.6. The van der Waals surface area contributed by atoms with E-state index in [-0.39, 0.29) is 17.6 Å². The number of hydrogen-bond acceptors (Lipinski definition) is 5. The van der Waals surface area contributed by atoms with Gasteiger partial charge in [-0.1, -0.05) is 62.9 Å². The average molecular weight is 382 g/mol. The summed E-state index contributed by atoms with van der Waals surface area (Å²) in [4.78, 5) is 24.3. The Kier molecular flexibility index (Phi) is 6.65. The number of carbonyl (C=O) groups excluding carboxylic acids is 2. The van der Waals surface area contributed by atoms with Gasteiger partial charge in [-0.25, -0.2) is 0 Å². The molecule has 2 rings (SSSR count). The molecule has 2 atom stereocenters. The molecular weight excluding hydrogens is 360 g/mol. The van der Waals surface area contributed by atoms with Gasteiger partial charge in [-0.2, -0.15) is 10.5 Å². The standard InChI is InChI=1S/C20H22N4O2S/c1-13(14-7-5-4-6-8-14)11-23-17(25)12-27-19-16(10-22)20(2,3)15(9-21)18(26)24-19/h4-8,13,15H,11-12H2,1-3H3,(H,23,25)(H,24,26)/t13-,15+/m0/s1. The first kappa shape index (κ1) is 20.5. The first-order valence-corrected chi connectivity index (χ1v) is 9.59. The SMILES string of the molecule is C[C@@H](CNC(=O)CSC1=C(C#N)C(C)(C)[C@H](C#N)C(=O)N1)c1ccccc1. The van der Waals surface area contributed by atoms with E-state index < -0.39 is 17.2 Å². The number of allylic oxidation sites excluding steroid dienone is 1. The number of nitrogens with zero attached hydrogens (tertiary/aromatic N) is 2. The zero-order valence-corrected chi connectivity index (χ0v) is 16.4. The maximum atomic E-state index is 12.2. The second-order valence-electron chi connectivity index (χ2n) is 6.99. The fourth-order valence-corrected chi connectivity index (χ4v) is 3.89. The van der Waals surface area contributed by atoms with Crippen LogP contribution in [0.1, 0.15) is 32.3 Å². The molecule has 0 saturated heterocycles. The van der Waals surface area contributed by atoms with Crippen molar-refractivity contribution in [2.24, 2.45) is 11.3 Å². The van der Waals surface area contributed by atoms with Gasteiger partial charge in [-0.05, 0) is 11.5 Å². The van der Waals surface area contributed by atoms with Crippen LogP contribution in [0.2, 0.25) is 0 Å². The quantitative estimate of drug-likeness (QED) is 0.787. The van der Waals surface area contributed by atoms with Gasteiger partial charge in [-0.15, -0.1) is 0 Å². The number of rotatable bonds is 6. The highest BCUT2D eigenvalue weighted by Gasteiger charge is 2.44. The molecular formula is C20H22N4O2S. The molecule has 7 heteroatoms. The number of thioether (sulfide) groups is 1. The van der Waals surface area contributed by atoms with Gasteiger partial charge in [0.1, 0.15) is 5.92 Å². The van der Waals surface area contributed by atoms with E-state index in [2.05, 4.69) is 16.7 Å². The monoisotopic (exact) mass is 382 g/mol. The minimum absolute atomic E-state index is 0.0790. The lowest BCUT2D eigenvalue weighted by Crippen LogP contribution is -2.44. The average Bonchev–Trinajstić information content (AvgIpc) is 2.64. The molecule has 0 unspecified atom stereocenters. The number of amides is 2. The maximum Gasteiger partial charge on any atom is 0.243 e. The van der Waals surface area contributed by atoms with Crippen LogP contribution < -0.4 is 10.6 Å². The summed E-state index contributed by atoms with van der Waals surface area (Å²) in [6.07, 6.45) is 0. The molecule has 140 valence electrons. The van der Waals surface area contributed by atoms with Gasteiger partial charge in [0, 0.05) is 12.0 Å². The number of nitriles is 2. The van der Waals surface area contributed by atoms with E-state index in [1.165, 1.54) is 0 Å². The Bertz CT molecular complexity index is 834. The molecule has 1 aromatic carbocycles. The molecule has 1 aliphatic heterocycles. The summed E-state index contributed by atoms with van der Waals surface area (Å²) < 4.78 is 0. The third-order valence-electron chi connectivity index (χ3n) is 4.65. The van der Waals surface area contributed by atoms with Crippen LogP contribution in [0.25, 0.3) is 0 Å². The predicted octanol–water partition coefficient (Wildman–Crippen LogP) is 2.67. The third-order valence-corrected chi connectivity index (χ3v) is 5.66. The first-order valence-electron chi connectivity index (χ1n) is 8.61. The molecule has 0 bridgehead atoms. The lowest BCUT2D eigenvalue weighted by Gasteiger charge is -2.34. The molecule has 0 aromatic heterocycles. The van der Waals surface area contributed by atoms with Crippen molar-refractivity contribution in [3.8, 4) is 12.1 Å². The summed E-state index contributed by atoms with van der Waals surface area (Å²) >= 11 is 1.11. The lowest BCUT2D eigenvalue weighted by molar-refractivity contribution is -0.125. The lowest BCUT2D eigenvalue weighted by atomic mass is 9.72. The van der Waals surface area contributed by atoms with Gasteiger partial charge >= 0.3 is 0 Å². The van der Waals surface area contributed by atoms with Crippen molar-refractivity contribution in [2.45, 2.75) is 26.7 Å². The molecule has 0 saturated carbocycles. The highest BCUT2D eigenvalue weighted by atomic mass is 32.2. The van der Waals surface area contributed by atoms with Crippen LogP contribution in [0.5, 0.6) is 0 Å². The van der Waals surface area contributed by atoms with E-state index in [4.69, 9.17) is 0 Å². The smallest absolute Gasteiger partial charge is 0.243 e. The third kappa shape index (κ3) is 4.69. The van der Waals surface area contributed by atoms with Crippen molar-refractivity contribution < 1.29 is 9.59 Å². The number of nitrogens with one attached hydrogen (secondary N) is 2. The second-order valence-corrected chi connectivity index (χ2v) is 7.98. The molecule has 27 heavy (non-hydrogen) atoms. The number of carbonyl (C=O) groups is 2. The van der Waals surface area contributed by atoms with Gasteiger partial charge in [0.25, 0.3) is 0 Å².